The van der Waals surface area contributed by atoms with E-state index in [9.17, 15) is 0 Å². The van der Waals surface area contributed by atoms with Crippen LogP contribution in [0.5, 0.6) is 0 Å². The lowest BCUT2D eigenvalue weighted by molar-refractivity contribution is 0.327. The van der Waals surface area contributed by atoms with Crippen molar-refractivity contribution in [3.63, 3.8) is 0 Å². The van der Waals surface area contributed by atoms with E-state index in [1.807, 2.05) is 12.1 Å². The first kappa shape index (κ1) is 8.50. The molecule has 0 aliphatic carbocycles. The fraction of sp³-hybridized carbons (Fsp3) is 0.273. The van der Waals surface area contributed by atoms with E-state index in [1.165, 1.54) is 11.8 Å². The van der Waals surface area contributed by atoms with Crippen molar-refractivity contribution in [3.8, 4) is 0 Å². The first-order valence-corrected chi connectivity index (χ1v) is 5.54. The van der Waals surface area contributed by atoms with Crippen LogP contribution in [-0.2, 0) is 0 Å². The fourth-order valence-electron chi connectivity index (χ4n) is 1.74. The topological polar surface area (TPSA) is 25.2 Å². The zero-order valence-electron chi connectivity index (χ0n) is 7.59. The Labute approximate surface area is 90.4 Å². The summed E-state index contributed by atoms with van der Waals surface area (Å²) in [6.07, 6.45) is 1.18. The molecule has 1 fully saturated rings. The Morgan fingerprint density at radius 2 is 2.21 bits per heavy atom. The first-order valence-electron chi connectivity index (χ1n) is 4.75. The van der Waals surface area contributed by atoms with Gasteiger partial charge >= 0.3 is 0 Å². The summed E-state index contributed by atoms with van der Waals surface area (Å²) < 4.78 is 6.84. The molecule has 0 amide bonds. The molecule has 1 saturated heterocycles. The maximum atomic E-state index is 5.74. The van der Waals surface area contributed by atoms with E-state index in [1.54, 1.807) is 0 Å². The summed E-state index contributed by atoms with van der Waals surface area (Å²) in [5.41, 5.74) is 0.969. The standard InChI is InChI=1S/C11H10BrNO/c12-8-1-2-10-7(5-8)6-11(14-10)9-3-4-13-9/h1-2,5-6,9,13H,3-4H2/t9-/m0/s1. The second-order valence-corrected chi connectivity index (χ2v) is 4.54. The molecule has 2 heterocycles. The molecule has 2 aromatic rings. The van der Waals surface area contributed by atoms with Gasteiger partial charge < -0.3 is 9.73 Å². The largest absolute Gasteiger partial charge is 0.459 e. The third-order valence-electron chi connectivity index (χ3n) is 2.66. The van der Waals surface area contributed by atoms with E-state index in [0.717, 1.165) is 22.4 Å². The third kappa shape index (κ3) is 1.28. The lowest BCUT2D eigenvalue weighted by Gasteiger charge is -2.25. The zero-order chi connectivity index (χ0) is 9.54. The lowest BCUT2D eigenvalue weighted by atomic mass is 10.0. The van der Waals surface area contributed by atoms with E-state index in [-0.39, 0.29) is 0 Å². The molecule has 1 atom stereocenters. The highest BCUT2D eigenvalue weighted by Crippen LogP contribution is 2.30. The van der Waals surface area contributed by atoms with Gasteiger partial charge in [-0.05, 0) is 37.2 Å². The molecule has 1 aromatic heterocycles. The van der Waals surface area contributed by atoms with Gasteiger partial charge in [0.25, 0.3) is 0 Å². The zero-order valence-corrected chi connectivity index (χ0v) is 9.17. The minimum absolute atomic E-state index is 0.432. The number of halogens is 1. The molecule has 3 heteroatoms. The predicted octanol–water partition coefficient (Wildman–Crippen LogP) is 3.23. The van der Waals surface area contributed by atoms with Gasteiger partial charge in [-0.25, -0.2) is 0 Å². The highest BCUT2D eigenvalue weighted by atomic mass is 79.9. The van der Waals surface area contributed by atoms with E-state index >= 15 is 0 Å². The number of rotatable bonds is 1. The van der Waals surface area contributed by atoms with Crippen LogP contribution in [0.3, 0.4) is 0 Å². The van der Waals surface area contributed by atoms with Crippen LogP contribution in [0.1, 0.15) is 18.2 Å². The van der Waals surface area contributed by atoms with Gasteiger partial charge in [-0.15, -0.1) is 0 Å². The smallest absolute Gasteiger partial charge is 0.134 e. The quantitative estimate of drug-likeness (QED) is 0.842. The summed E-state index contributed by atoms with van der Waals surface area (Å²) in [6.45, 7) is 1.10. The van der Waals surface area contributed by atoms with E-state index in [0.29, 0.717) is 6.04 Å². The van der Waals surface area contributed by atoms with Crippen molar-refractivity contribution in [2.24, 2.45) is 0 Å². The molecule has 2 nitrogen and oxygen atoms in total. The summed E-state index contributed by atoms with van der Waals surface area (Å²) in [5.74, 6) is 1.06. The Balaban J connectivity index is 2.10. The molecule has 1 N–H and O–H groups in total. The average molecular weight is 252 g/mol. The maximum Gasteiger partial charge on any atom is 0.134 e. The fourth-order valence-corrected chi connectivity index (χ4v) is 2.12. The molecule has 14 heavy (non-hydrogen) atoms. The Hall–Kier alpha value is -0.800. The molecule has 3 rings (SSSR count). The van der Waals surface area contributed by atoms with E-state index in [4.69, 9.17) is 4.42 Å². The number of hydrogen-bond acceptors (Lipinski definition) is 2. The highest BCUT2D eigenvalue weighted by molar-refractivity contribution is 9.10. The van der Waals surface area contributed by atoms with E-state index in [2.05, 4.69) is 33.4 Å². The minimum Gasteiger partial charge on any atom is -0.459 e. The molecule has 1 aromatic carbocycles. The Morgan fingerprint density at radius 3 is 2.93 bits per heavy atom. The molecular formula is C11H10BrNO. The SMILES string of the molecule is Brc1ccc2oc([C@@H]3CCN3)cc2c1. The van der Waals surface area contributed by atoms with Crippen molar-refractivity contribution in [1.82, 2.24) is 5.32 Å². The van der Waals surface area contributed by atoms with Crippen LogP contribution in [0.2, 0.25) is 0 Å². The monoisotopic (exact) mass is 251 g/mol. The minimum atomic E-state index is 0.432. The Bertz CT molecular complexity index is 473. The van der Waals surface area contributed by atoms with Crippen molar-refractivity contribution < 1.29 is 4.42 Å². The number of nitrogens with one attached hydrogen (secondary N) is 1. The second-order valence-electron chi connectivity index (χ2n) is 3.63. The van der Waals surface area contributed by atoms with Crippen LogP contribution in [0.15, 0.2) is 33.2 Å². The number of benzene rings is 1. The van der Waals surface area contributed by atoms with Crippen LogP contribution in [0.4, 0.5) is 0 Å². The summed E-state index contributed by atoms with van der Waals surface area (Å²) in [4.78, 5) is 0. The summed E-state index contributed by atoms with van der Waals surface area (Å²) in [7, 11) is 0. The molecular weight excluding hydrogens is 242 g/mol. The summed E-state index contributed by atoms with van der Waals surface area (Å²) in [6, 6.07) is 8.64. The van der Waals surface area contributed by atoms with E-state index < -0.39 is 0 Å². The number of furan rings is 1. The lowest BCUT2D eigenvalue weighted by Crippen LogP contribution is -2.34. The van der Waals surface area contributed by atoms with Gasteiger partial charge in [0.05, 0.1) is 6.04 Å². The van der Waals surface area contributed by atoms with Gasteiger partial charge in [-0.1, -0.05) is 15.9 Å². The van der Waals surface area contributed by atoms with Crippen molar-refractivity contribution in [3.05, 3.63) is 34.5 Å². The first-order chi connectivity index (χ1) is 6.83. The van der Waals surface area contributed by atoms with Crippen LogP contribution >= 0.6 is 15.9 Å². The van der Waals surface area contributed by atoms with Gasteiger partial charge in [0, 0.05) is 9.86 Å². The normalized spacial score (nSPS) is 21.1. The molecule has 72 valence electrons. The van der Waals surface area contributed by atoms with Crippen molar-refractivity contribution in [2.75, 3.05) is 6.54 Å². The van der Waals surface area contributed by atoms with Crippen LogP contribution in [0, 0.1) is 0 Å². The Morgan fingerprint density at radius 1 is 1.36 bits per heavy atom. The second kappa shape index (κ2) is 3.11. The van der Waals surface area contributed by atoms with Crippen molar-refractivity contribution in [1.29, 1.82) is 0 Å². The molecule has 0 radical (unpaired) electrons. The molecule has 0 spiro atoms. The van der Waals surface area contributed by atoms with Gasteiger partial charge in [-0.2, -0.15) is 0 Å². The van der Waals surface area contributed by atoms with Crippen molar-refractivity contribution >= 4 is 26.9 Å². The molecule has 0 saturated carbocycles. The summed E-state index contributed by atoms with van der Waals surface area (Å²) >= 11 is 3.45. The number of fused-ring (bicyclic) bond motifs is 1. The highest BCUT2D eigenvalue weighted by Gasteiger charge is 2.21. The van der Waals surface area contributed by atoms with Crippen molar-refractivity contribution in [2.45, 2.75) is 12.5 Å². The van der Waals surface area contributed by atoms with Crippen LogP contribution in [-0.4, -0.2) is 6.54 Å². The van der Waals surface area contributed by atoms with Gasteiger partial charge in [0.2, 0.25) is 0 Å². The van der Waals surface area contributed by atoms with Gasteiger partial charge in [0.15, 0.2) is 0 Å². The maximum absolute atomic E-state index is 5.74. The molecule has 0 bridgehead atoms. The predicted molar refractivity (Wildman–Crippen MR) is 59.3 cm³/mol. The molecule has 0 unspecified atom stereocenters. The third-order valence-corrected chi connectivity index (χ3v) is 3.16. The number of hydrogen-bond donors (Lipinski definition) is 1. The molecule has 1 aliphatic rings. The van der Waals surface area contributed by atoms with Gasteiger partial charge in [0.1, 0.15) is 11.3 Å². The van der Waals surface area contributed by atoms with Crippen LogP contribution < -0.4 is 5.32 Å². The molecule has 1 aliphatic heterocycles. The summed E-state index contributed by atoms with van der Waals surface area (Å²) in [5, 5.41) is 4.50. The van der Waals surface area contributed by atoms with Gasteiger partial charge in [-0.3, -0.25) is 0 Å². The Kier molecular flexibility index (Phi) is 1.89. The average Bonchev–Trinajstić information content (AvgIpc) is 2.43. The van der Waals surface area contributed by atoms with Crippen LogP contribution in [0.25, 0.3) is 11.0 Å².